The Kier molecular flexibility index (Phi) is 4.05. The second-order valence-corrected chi connectivity index (χ2v) is 7.36. The van der Waals surface area contributed by atoms with Crippen LogP contribution in [-0.2, 0) is 9.53 Å². The zero-order valence-electron chi connectivity index (χ0n) is 14.4. The van der Waals surface area contributed by atoms with E-state index in [2.05, 4.69) is 0 Å². The molecule has 1 spiro atoms. The molecule has 6 nitrogen and oxygen atoms in total. The summed E-state index contributed by atoms with van der Waals surface area (Å²) in [6, 6.07) is 3.56. The molecule has 0 N–H and O–H groups in total. The summed E-state index contributed by atoms with van der Waals surface area (Å²) in [6.07, 6.45) is -0.0826. The highest BCUT2D eigenvalue weighted by Crippen LogP contribution is 2.37. The molecule has 2 aliphatic heterocycles. The summed E-state index contributed by atoms with van der Waals surface area (Å²) in [6.45, 7) is 5.81. The number of benzene rings is 1. The molecular weight excluding hydrogens is 329 g/mol. The Balaban J connectivity index is 1.77. The van der Waals surface area contributed by atoms with Crippen molar-refractivity contribution in [3.8, 4) is 5.75 Å². The molecule has 0 bridgehead atoms. The number of hydrogen-bond donors (Lipinski definition) is 0. The van der Waals surface area contributed by atoms with Crippen molar-refractivity contribution in [1.29, 1.82) is 0 Å². The number of amides is 1. The molecule has 134 valence electrons. The molecule has 0 unspecified atom stereocenters. The maximum absolute atomic E-state index is 13.3. The minimum Gasteiger partial charge on any atom is -0.478 e. The second kappa shape index (κ2) is 5.82. The quantitative estimate of drug-likeness (QED) is 0.674. The summed E-state index contributed by atoms with van der Waals surface area (Å²) in [5.41, 5.74) is -1.95. The van der Waals surface area contributed by atoms with E-state index < -0.39 is 34.7 Å². The number of ether oxygens (including phenoxy) is 2. The van der Waals surface area contributed by atoms with Crippen LogP contribution in [0.15, 0.2) is 18.2 Å². The number of piperidine rings is 1. The van der Waals surface area contributed by atoms with Gasteiger partial charge in [-0.1, -0.05) is 0 Å². The van der Waals surface area contributed by atoms with Crippen molar-refractivity contribution < 1.29 is 28.2 Å². The van der Waals surface area contributed by atoms with Crippen LogP contribution in [-0.4, -0.2) is 46.9 Å². The molecule has 1 amide bonds. The van der Waals surface area contributed by atoms with Gasteiger partial charge >= 0.3 is 6.09 Å². The normalized spacial score (nSPS) is 19.4. The van der Waals surface area contributed by atoms with Gasteiger partial charge in [0.1, 0.15) is 17.2 Å². The predicted molar refractivity (Wildman–Crippen MR) is 86.1 cm³/mol. The van der Waals surface area contributed by atoms with E-state index in [4.69, 9.17) is 9.47 Å². The Morgan fingerprint density at radius 1 is 1.24 bits per heavy atom. The lowest BCUT2D eigenvalue weighted by Crippen LogP contribution is -2.58. The summed E-state index contributed by atoms with van der Waals surface area (Å²) in [4.78, 5) is 38.5. The van der Waals surface area contributed by atoms with Crippen molar-refractivity contribution in [2.24, 2.45) is 0 Å². The Hall–Kier alpha value is -2.44. The standard InChI is InChI=1S/C18H20FNO5/c1-17(2,3)25-16(23)20-8-6-18(7-9-20)15(22)14(21)12-10-11(19)4-5-13(12)24-18/h4-5,10H,6-9H2,1-3H3. The molecule has 2 aliphatic rings. The third kappa shape index (κ3) is 3.23. The third-order valence-corrected chi connectivity index (χ3v) is 4.33. The zero-order chi connectivity index (χ0) is 18.4. The third-order valence-electron chi connectivity index (χ3n) is 4.33. The van der Waals surface area contributed by atoms with Crippen LogP contribution in [0.5, 0.6) is 5.75 Å². The highest BCUT2D eigenvalue weighted by atomic mass is 19.1. The molecule has 0 radical (unpaired) electrons. The summed E-state index contributed by atoms with van der Waals surface area (Å²) >= 11 is 0. The van der Waals surface area contributed by atoms with Gasteiger partial charge in [0.25, 0.3) is 0 Å². The van der Waals surface area contributed by atoms with Gasteiger partial charge in [-0.2, -0.15) is 0 Å². The van der Waals surface area contributed by atoms with Crippen LogP contribution in [0.25, 0.3) is 0 Å². The Labute approximate surface area is 144 Å². The molecule has 1 fully saturated rings. The largest absolute Gasteiger partial charge is 0.478 e. The van der Waals surface area contributed by atoms with Crippen LogP contribution < -0.4 is 4.74 Å². The maximum Gasteiger partial charge on any atom is 0.410 e. The van der Waals surface area contributed by atoms with E-state index in [1.54, 1.807) is 20.8 Å². The van der Waals surface area contributed by atoms with Crippen molar-refractivity contribution in [1.82, 2.24) is 4.90 Å². The number of rotatable bonds is 0. The number of ketones is 2. The fourth-order valence-corrected chi connectivity index (χ4v) is 3.06. The smallest absolute Gasteiger partial charge is 0.410 e. The summed E-state index contributed by atoms with van der Waals surface area (Å²) in [7, 11) is 0. The molecule has 0 atom stereocenters. The van der Waals surface area contributed by atoms with Gasteiger partial charge in [0.2, 0.25) is 11.6 Å². The van der Waals surface area contributed by atoms with Gasteiger partial charge in [0.15, 0.2) is 5.60 Å². The molecule has 7 heteroatoms. The van der Waals surface area contributed by atoms with E-state index in [1.165, 1.54) is 17.0 Å². The first-order valence-electron chi connectivity index (χ1n) is 8.17. The number of nitrogens with zero attached hydrogens (tertiary/aromatic N) is 1. The molecule has 0 aromatic heterocycles. The van der Waals surface area contributed by atoms with Crippen LogP contribution in [0, 0.1) is 5.82 Å². The number of carbonyl (C=O) groups is 3. The number of likely N-dealkylation sites (tertiary alicyclic amines) is 1. The average molecular weight is 349 g/mol. The Morgan fingerprint density at radius 3 is 2.48 bits per heavy atom. The first-order chi connectivity index (χ1) is 11.6. The number of carbonyl (C=O) groups excluding carboxylic acids is 3. The van der Waals surface area contributed by atoms with Crippen molar-refractivity contribution >= 4 is 17.7 Å². The highest BCUT2D eigenvalue weighted by Gasteiger charge is 2.51. The lowest BCUT2D eigenvalue weighted by atomic mass is 9.81. The van der Waals surface area contributed by atoms with E-state index >= 15 is 0 Å². The van der Waals surface area contributed by atoms with Crippen molar-refractivity contribution in [2.75, 3.05) is 13.1 Å². The lowest BCUT2D eigenvalue weighted by molar-refractivity contribution is -0.135. The average Bonchev–Trinajstić information content (AvgIpc) is 2.53. The Bertz CT molecular complexity index is 744. The maximum atomic E-state index is 13.3. The van der Waals surface area contributed by atoms with Gasteiger partial charge < -0.3 is 14.4 Å². The predicted octanol–water partition coefficient (Wildman–Crippen LogP) is 2.74. The van der Waals surface area contributed by atoms with Gasteiger partial charge in [-0.15, -0.1) is 0 Å². The summed E-state index contributed by atoms with van der Waals surface area (Å²) < 4.78 is 24.5. The summed E-state index contributed by atoms with van der Waals surface area (Å²) in [5.74, 6) is -1.82. The molecule has 25 heavy (non-hydrogen) atoms. The number of halogens is 1. The van der Waals surface area contributed by atoms with Gasteiger partial charge in [-0.05, 0) is 39.0 Å². The SMILES string of the molecule is CC(C)(C)OC(=O)N1CCC2(CC1)Oc1ccc(F)cc1C(=O)C2=O. The topological polar surface area (TPSA) is 72.9 Å². The van der Waals surface area contributed by atoms with Gasteiger partial charge in [-0.3, -0.25) is 9.59 Å². The number of Topliss-reactive ketones (excluding diaryl/α,β-unsaturated/α-hetero) is 2. The van der Waals surface area contributed by atoms with E-state index in [1.807, 2.05) is 0 Å². The second-order valence-electron chi connectivity index (χ2n) is 7.36. The fraction of sp³-hybridized carbons (Fsp3) is 0.500. The van der Waals surface area contributed by atoms with Crippen molar-refractivity contribution in [3.63, 3.8) is 0 Å². The molecule has 1 saturated heterocycles. The van der Waals surface area contributed by atoms with E-state index in [0.717, 1.165) is 6.07 Å². The molecule has 1 aromatic rings. The molecule has 3 rings (SSSR count). The van der Waals surface area contributed by atoms with Crippen LogP contribution >= 0.6 is 0 Å². The first-order valence-corrected chi connectivity index (χ1v) is 8.17. The van der Waals surface area contributed by atoms with Gasteiger partial charge in [0.05, 0.1) is 5.56 Å². The fourth-order valence-electron chi connectivity index (χ4n) is 3.06. The molecule has 1 aromatic carbocycles. The highest BCUT2D eigenvalue weighted by molar-refractivity contribution is 6.47. The number of fused-ring (bicyclic) bond motifs is 1. The van der Waals surface area contributed by atoms with Crippen LogP contribution in [0.4, 0.5) is 9.18 Å². The minimum atomic E-state index is -1.29. The van der Waals surface area contributed by atoms with Gasteiger partial charge in [-0.25, -0.2) is 9.18 Å². The Morgan fingerprint density at radius 2 is 1.88 bits per heavy atom. The van der Waals surface area contributed by atoms with E-state index in [9.17, 15) is 18.8 Å². The molecule has 2 heterocycles. The molecule has 0 aliphatic carbocycles. The van der Waals surface area contributed by atoms with E-state index in [-0.39, 0.29) is 37.2 Å². The minimum absolute atomic E-state index is 0.0507. The zero-order valence-corrected chi connectivity index (χ0v) is 14.4. The van der Waals surface area contributed by atoms with Crippen LogP contribution in [0.1, 0.15) is 44.0 Å². The van der Waals surface area contributed by atoms with Crippen LogP contribution in [0.3, 0.4) is 0 Å². The number of hydrogen-bond acceptors (Lipinski definition) is 5. The van der Waals surface area contributed by atoms with E-state index in [0.29, 0.717) is 0 Å². The lowest BCUT2D eigenvalue weighted by Gasteiger charge is -2.42. The first kappa shape index (κ1) is 17.4. The summed E-state index contributed by atoms with van der Waals surface area (Å²) in [5, 5.41) is 0. The molecule has 0 saturated carbocycles. The molecular formula is C18H20FNO5. The van der Waals surface area contributed by atoms with Crippen molar-refractivity contribution in [2.45, 2.75) is 44.8 Å². The van der Waals surface area contributed by atoms with Gasteiger partial charge in [0, 0.05) is 25.9 Å². The monoisotopic (exact) mass is 349 g/mol. The van der Waals surface area contributed by atoms with Crippen molar-refractivity contribution in [3.05, 3.63) is 29.6 Å². The van der Waals surface area contributed by atoms with Crippen LogP contribution in [0.2, 0.25) is 0 Å².